The van der Waals surface area contributed by atoms with Gasteiger partial charge in [-0.05, 0) is 44.7 Å². The lowest BCUT2D eigenvalue weighted by atomic mass is 9.93. The van der Waals surface area contributed by atoms with Crippen LogP contribution in [0.15, 0.2) is 18.3 Å². The van der Waals surface area contributed by atoms with E-state index in [4.69, 9.17) is 4.74 Å². The molecule has 31 heavy (non-hydrogen) atoms. The summed E-state index contributed by atoms with van der Waals surface area (Å²) < 4.78 is 34.3. The van der Waals surface area contributed by atoms with Crippen LogP contribution in [0.3, 0.4) is 0 Å². The summed E-state index contributed by atoms with van der Waals surface area (Å²) >= 11 is 0. The van der Waals surface area contributed by atoms with Crippen LogP contribution in [0.1, 0.15) is 38.2 Å². The Hall–Kier alpha value is -3.01. The van der Waals surface area contributed by atoms with E-state index in [0.717, 1.165) is 36.6 Å². The summed E-state index contributed by atoms with van der Waals surface area (Å²) in [5.74, 6) is -1.13. The number of benzene rings is 1. The third-order valence-electron chi connectivity index (χ3n) is 5.76. The van der Waals surface area contributed by atoms with Gasteiger partial charge in [0, 0.05) is 24.3 Å². The van der Waals surface area contributed by atoms with E-state index in [1.54, 1.807) is 13.1 Å². The number of anilines is 3. The number of halogens is 2. The van der Waals surface area contributed by atoms with Crippen LogP contribution in [0.5, 0.6) is 5.75 Å². The van der Waals surface area contributed by atoms with Gasteiger partial charge in [-0.15, -0.1) is 0 Å². The highest BCUT2D eigenvalue weighted by Gasteiger charge is 2.36. The van der Waals surface area contributed by atoms with Crippen LogP contribution >= 0.6 is 0 Å². The molecule has 0 spiro atoms. The monoisotopic (exact) mass is 433 g/mol. The van der Waals surface area contributed by atoms with Crippen molar-refractivity contribution in [2.75, 3.05) is 28.8 Å². The van der Waals surface area contributed by atoms with E-state index in [0.29, 0.717) is 17.3 Å². The van der Waals surface area contributed by atoms with Gasteiger partial charge in [-0.3, -0.25) is 9.80 Å². The number of methoxy groups -OCH3 is 1. The number of rotatable bonds is 5. The van der Waals surface area contributed by atoms with Crippen molar-refractivity contribution in [3.05, 3.63) is 35.5 Å². The third kappa shape index (κ3) is 3.99. The first-order valence-electron chi connectivity index (χ1n) is 10.3. The van der Waals surface area contributed by atoms with Crippen LogP contribution in [0, 0.1) is 11.6 Å². The number of nitrogens with one attached hydrogen (secondary N) is 1. The lowest BCUT2D eigenvalue weighted by Gasteiger charge is -2.36. The number of hydrogen-bond acceptors (Lipinski definition) is 6. The third-order valence-corrected chi connectivity index (χ3v) is 5.76. The molecule has 10 heteroatoms. The molecule has 4 rings (SSSR count). The molecule has 1 saturated carbocycles. The van der Waals surface area contributed by atoms with Crippen molar-refractivity contribution in [3.8, 4) is 5.75 Å². The summed E-state index contributed by atoms with van der Waals surface area (Å²) in [6.07, 6.45) is 4.35. The minimum absolute atomic E-state index is 0.0679. The first-order valence-corrected chi connectivity index (χ1v) is 10.3. The van der Waals surface area contributed by atoms with Crippen LogP contribution in [-0.4, -0.2) is 46.9 Å². The van der Waals surface area contributed by atoms with Gasteiger partial charge >= 0.3 is 6.03 Å². The highest BCUT2D eigenvalue weighted by Crippen LogP contribution is 2.36. The number of carbonyl (C=O) groups excluding carboxylic acids is 1. The van der Waals surface area contributed by atoms with Crippen molar-refractivity contribution in [1.29, 1.82) is 0 Å². The van der Waals surface area contributed by atoms with E-state index in [1.807, 2.05) is 0 Å². The van der Waals surface area contributed by atoms with Crippen molar-refractivity contribution in [3.63, 3.8) is 0 Å². The molecule has 2 heterocycles. The molecule has 0 atom stereocenters. The van der Waals surface area contributed by atoms with Gasteiger partial charge in [0.05, 0.1) is 19.8 Å². The molecular formula is C21H25F2N5O3. The molecule has 1 aromatic heterocycles. The molecule has 0 radical (unpaired) electrons. The zero-order valence-electron chi connectivity index (χ0n) is 17.4. The second kappa shape index (κ2) is 8.62. The van der Waals surface area contributed by atoms with Gasteiger partial charge in [-0.1, -0.05) is 0 Å². The maximum atomic E-state index is 14.8. The van der Waals surface area contributed by atoms with Gasteiger partial charge in [0.2, 0.25) is 5.95 Å². The van der Waals surface area contributed by atoms with Crippen molar-refractivity contribution in [1.82, 2.24) is 9.97 Å². The number of urea groups is 1. The van der Waals surface area contributed by atoms with E-state index in [-0.39, 0.29) is 31.0 Å². The van der Waals surface area contributed by atoms with Crippen LogP contribution < -0.4 is 19.9 Å². The predicted octanol–water partition coefficient (Wildman–Crippen LogP) is 3.45. The van der Waals surface area contributed by atoms with Gasteiger partial charge in [0.1, 0.15) is 17.3 Å². The Bertz CT molecular complexity index is 982. The Balaban J connectivity index is 1.64. The second-order valence-electron chi connectivity index (χ2n) is 7.72. The zero-order valence-corrected chi connectivity index (χ0v) is 17.4. The highest BCUT2D eigenvalue weighted by atomic mass is 19.1. The van der Waals surface area contributed by atoms with Crippen LogP contribution in [0.2, 0.25) is 0 Å². The SMILES string of the molecule is CCN1C(=O)N(c2c(F)ccc(OC)c2F)Cc2cnc(NC3CCC(O)CC3)nc21. The first kappa shape index (κ1) is 21.2. The number of carbonyl (C=O) groups is 1. The highest BCUT2D eigenvalue weighted by molar-refractivity contribution is 6.05. The average Bonchev–Trinajstić information content (AvgIpc) is 2.76. The van der Waals surface area contributed by atoms with Crippen molar-refractivity contribution >= 4 is 23.5 Å². The molecule has 0 bridgehead atoms. The predicted molar refractivity (Wildman–Crippen MR) is 111 cm³/mol. The summed E-state index contributed by atoms with van der Waals surface area (Å²) in [6.45, 7) is 1.96. The molecule has 1 fully saturated rings. The van der Waals surface area contributed by atoms with E-state index in [2.05, 4.69) is 15.3 Å². The fraction of sp³-hybridized carbons (Fsp3) is 0.476. The number of aromatic nitrogens is 2. The summed E-state index contributed by atoms with van der Waals surface area (Å²) in [4.78, 5) is 24.4. The van der Waals surface area contributed by atoms with Crippen molar-refractivity contribution in [2.45, 2.75) is 51.3 Å². The van der Waals surface area contributed by atoms with Crippen LogP contribution in [0.25, 0.3) is 0 Å². The largest absolute Gasteiger partial charge is 0.494 e. The molecule has 1 aromatic carbocycles. The van der Waals surface area contributed by atoms with Gasteiger partial charge < -0.3 is 15.2 Å². The number of nitrogens with zero attached hydrogens (tertiary/aromatic N) is 4. The lowest BCUT2D eigenvalue weighted by Crippen LogP contribution is -2.48. The molecule has 0 saturated heterocycles. The number of hydrogen-bond donors (Lipinski definition) is 2. The average molecular weight is 433 g/mol. The van der Waals surface area contributed by atoms with Gasteiger partial charge in [-0.2, -0.15) is 4.98 Å². The Kier molecular flexibility index (Phi) is 5.90. The lowest BCUT2D eigenvalue weighted by molar-refractivity contribution is 0.126. The Morgan fingerprint density at radius 1 is 1.26 bits per heavy atom. The molecule has 2 amide bonds. The Labute approximate surface area is 178 Å². The topological polar surface area (TPSA) is 90.8 Å². The minimum atomic E-state index is -0.936. The fourth-order valence-corrected chi connectivity index (χ4v) is 4.08. The molecule has 166 valence electrons. The van der Waals surface area contributed by atoms with Gasteiger partial charge in [0.15, 0.2) is 11.6 Å². The molecule has 8 nitrogen and oxygen atoms in total. The normalized spacial score (nSPS) is 21.1. The van der Waals surface area contributed by atoms with Crippen molar-refractivity contribution in [2.24, 2.45) is 0 Å². The maximum absolute atomic E-state index is 14.8. The van der Waals surface area contributed by atoms with Gasteiger partial charge in [0.25, 0.3) is 0 Å². The summed E-state index contributed by atoms with van der Waals surface area (Å²) in [5, 5.41) is 12.9. The molecule has 0 unspecified atom stereocenters. The number of ether oxygens (including phenoxy) is 1. The molecule has 1 aliphatic carbocycles. The van der Waals surface area contributed by atoms with E-state index in [9.17, 15) is 18.7 Å². The molecule has 2 N–H and O–H groups in total. The number of aliphatic hydroxyl groups is 1. The minimum Gasteiger partial charge on any atom is -0.494 e. The molecule has 2 aliphatic rings. The quantitative estimate of drug-likeness (QED) is 0.751. The van der Waals surface area contributed by atoms with Crippen LogP contribution in [-0.2, 0) is 6.54 Å². The summed E-state index contributed by atoms with van der Waals surface area (Å²) in [6, 6.07) is 1.82. The smallest absolute Gasteiger partial charge is 0.330 e. The standard InChI is InChI=1S/C21H25F2N5O3/c1-3-27-19-12(10-24-20(26-19)25-13-4-6-14(29)7-5-13)11-28(21(27)30)18-15(22)8-9-16(31-2)17(18)23/h8-10,13-14,29H,3-7,11H2,1-2H3,(H,24,25,26). The number of fused-ring (bicyclic) bond motifs is 1. The van der Waals surface area contributed by atoms with Crippen LogP contribution in [0.4, 0.5) is 31.0 Å². The zero-order chi connectivity index (χ0) is 22.1. The molecular weight excluding hydrogens is 408 g/mol. The maximum Gasteiger partial charge on any atom is 0.330 e. The number of amides is 2. The number of aliphatic hydroxyl groups excluding tert-OH is 1. The van der Waals surface area contributed by atoms with E-state index < -0.39 is 23.4 Å². The van der Waals surface area contributed by atoms with E-state index in [1.165, 1.54) is 18.1 Å². The Morgan fingerprint density at radius 2 is 2.00 bits per heavy atom. The Morgan fingerprint density at radius 3 is 2.68 bits per heavy atom. The fourth-order valence-electron chi connectivity index (χ4n) is 4.08. The van der Waals surface area contributed by atoms with Crippen molar-refractivity contribution < 1.29 is 23.4 Å². The molecule has 2 aromatic rings. The first-order chi connectivity index (χ1) is 14.9. The molecule has 1 aliphatic heterocycles. The van der Waals surface area contributed by atoms with Gasteiger partial charge in [-0.25, -0.2) is 18.6 Å². The summed E-state index contributed by atoms with van der Waals surface area (Å²) in [5.41, 5.74) is 0.115. The second-order valence-corrected chi connectivity index (χ2v) is 7.72. The van der Waals surface area contributed by atoms with E-state index >= 15 is 0 Å². The summed E-state index contributed by atoms with van der Waals surface area (Å²) in [7, 11) is 1.28.